The standard InChI is InChI=1S/C12H7ClN2O4/c13-8-5-4-7(19-8)11-14-10(12(17)18)6-2-1-3-9(16)15(6)11/h1-5,16H,(H,17,18). The van der Waals surface area contributed by atoms with Crippen LogP contribution in [0.4, 0.5) is 0 Å². The lowest BCUT2D eigenvalue weighted by molar-refractivity contribution is 0.0693. The maximum Gasteiger partial charge on any atom is 0.356 e. The van der Waals surface area contributed by atoms with Crippen LogP contribution in [0.5, 0.6) is 5.88 Å². The number of hydrogen-bond donors (Lipinski definition) is 2. The molecule has 0 fully saturated rings. The highest BCUT2D eigenvalue weighted by Crippen LogP contribution is 2.29. The highest BCUT2D eigenvalue weighted by Gasteiger charge is 2.21. The molecule has 0 amide bonds. The second kappa shape index (κ2) is 4.03. The predicted molar refractivity (Wildman–Crippen MR) is 66.5 cm³/mol. The summed E-state index contributed by atoms with van der Waals surface area (Å²) in [5.74, 6) is -0.876. The zero-order chi connectivity index (χ0) is 13.6. The second-order valence-corrected chi connectivity index (χ2v) is 4.17. The van der Waals surface area contributed by atoms with Crippen LogP contribution in [0.25, 0.3) is 17.1 Å². The third kappa shape index (κ3) is 1.73. The Morgan fingerprint density at radius 1 is 1.32 bits per heavy atom. The summed E-state index contributed by atoms with van der Waals surface area (Å²) >= 11 is 5.69. The van der Waals surface area contributed by atoms with Crippen LogP contribution in [-0.2, 0) is 0 Å². The number of imidazole rings is 1. The second-order valence-electron chi connectivity index (χ2n) is 3.80. The molecule has 3 aromatic heterocycles. The molecule has 0 radical (unpaired) electrons. The number of carbonyl (C=O) groups is 1. The first-order valence-corrected chi connectivity index (χ1v) is 5.65. The number of aromatic nitrogens is 2. The Bertz CT molecular complexity index is 790. The summed E-state index contributed by atoms with van der Waals surface area (Å²) in [6, 6.07) is 7.57. The highest BCUT2D eigenvalue weighted by atomic mass is 35.5. The molecule has 0 atom stereocenters. The minimum Gasteiger partial charge on any atom is -0.494 e. The van der Waals surface area contributed by atoms with Crippen molar-refractivity contribution in [3.8, 4) is 17.5 Å². The fraction of sp³-hybridized carbons (Fsp3) is 0. The molecular formula is C12H7ClN2O4. The van der Waals surface area contributed by atoms with Crippen LogP contribution in [0.3, 0.4) is 0 Å². The third-order valence-electron chi connectivity index (χ3n) is 2.64. The quantitative estimate of drug-likeness (QED) is 0.752. The van der Waals surface area contributed by atoms with Gasteiger partial charge in [0.2, 0.25) is 0 Å². The van der Waals surface area contributed by atoms with Gasteiger partial charge in [0.25, 0.3) is 0 Å². The van der Waals surface area contributed by atoms with E-state index in [0.29, 0.717) is 0 Å². The van der Waals surface area contributed by atoms with Crippen molar-refractivity contribution >= 4 is 23.1 Å². The van der Waals surface area contributed by atoms with Crippen LogP contribution in [0.15, 0.2) is 34.7 Å². The van der Waals surface area contributed by atoms with Crippen molar-refractivity contribution in [1.82, 2.24) is 9.38 Å². The molecular weight excluding hydrogens is 272 g/mol. The lowest BCUT2D eigenvalue weighted by Gasteiger charge is -2.00. The molecule has 0 spiro atoms. The smallest absolute Gasteiger partial charge is 0.356 e. The molecule has 19 heavy (non-hydrogen) atoms. The molecule has 6 nitrogen and oxygen atoms in total. The Balaban J connectivity index is 2.39. The number of rotatable bonds is 2. The summed E-state index contributed by atoms with van der Waals surface area (Å²) in [4.78, 5) is 15.1. The summed E-state index contributed by atoms with van der Waals surface area (Å²) in [5, 5.41) is 19.1. The lowest BCUT2D eigenvalue weighted by Crippen LogP contribution is -1.97. The van der Waals surface area contributed by atoms with Crippen molar-refractivity contribution in [2.24, 2.45) is 0 Å². The van der Waals surface area contributed by atoms with Crippen LogP contribution in [0.2, 0.25) is 5.22 Å². The average molecular weight is 279 g/mol. The largest absolute Gasteiger partial charge is 0.494 e. The number of carboxylic acid groups (broad SMARTS) is 1. The maximum atomic E-state index is 11.2. The van der Waals surface area contributed by atoms with Crippen molar-refractivity contribution in [2.75, 3.05) is 0 Å². The molecule has 0 aliphatic heterocycles. The van der Waals surface area contributed by atoms with E-state index in [1.54, 1.807) is 12.1 Å². The van der Waals surface area contributed by atoms with Gasteiger partial charge in [-0.1, -0.05) is 6.07 Å². The molecule has 0 aliphatic rings. The summed E-state index contributed by atoms with van der Waals surface area (Å²) in [7, 11) is 0. The predicted octanol–water partition coefficient (Wildman–Crippen LogP) is 2.65. The molecule has 0 unspecified atom stereocenters. The van der Waals surface area contributed by atoms with Gasteiger partial charge < -0.3 is 14.6 Å². The monoisotopic (exact) mass is 278 g/mol. The van der Waals surface area contributed by atoms with E-state index in [1.807, 2.05) is 0 Å². The highest BCUT2D eigenvalue weighted by molar-refractivity contribution is 6.28. The van der Waals surface area contributed by atoms with Gasteiger partial charge >= 0.3 is 5.97 Å². The summed E-state index contributed by atoms with van der Waals surface area (Å²) < 4.78 is 6.49. The Hall–Kier alpha value is -2.47. The van der Waals surface area contributed by atoms with Crippen molar-refractivity contribution in [3.63, 3.8) is 0 Å². The molecule has 0 bridgehead atoms. The summed E-state index contributed by atoms with van der Waals surface area (Å²) in [6.07, 6.45) is 0. The van der Waals surface area contributed by atoms with Gasteiger partial charge in [-0.3, -0.25) is 4.40 Å². The summed E-state index contributed by atoms with van der Waals surface area (Å²) in [6.45, 7) is 0. The first-order valence-electron chi connectivity index (χ1n) is 5.27. The van der Waals surface area contributed by atoms with Gasteiger partial charge in [-0.2, -0.15) is 0 Å². The molecule has 0 saturated heterocycles. The van der Waals surface area contributed by atoms with Gasteiger partial charge in [0.15, 0.2) is 28.4 Å². The number of carboxylic acids is 1. The molecule has 0 aromatic carbocycles. The van der Waals surface area contributed by atoms with E-state index >= 15 is 0 Å². The van der Waals surface area contributed by atoms with Gasteiger partial charge in [0, 0.05) is 0 Å². The number of fused-ring (bicyclic) bond motifs is 1. The van der Waals surface area contributed by atoms with Crippen molar-refractivity contribution in [2.45, 2.75) is 0 Å². The molecule has 96 valence electrons. The van der Waals surface area contributed by atoms with Crippen LogP contribution in [-0.4, -0.2) is 25.6 Å². The molecule has 0 aliphatic carbocycles. The van der Waals surface area contributed by atoms with E-state index in [9.17, 15) is 9.90 Å². The molecule has 2 N–H and O–H groups in total. The van der Waals surface area contributed by atoms with Crippen LogP contribution in [0.1, 0.15) is 10.5 Å². The van der Waals surface area contributed by atoms with E-state index < -0.39 is 5.97 Å². The van der Waals surface area contributed by atoms with E-state index in [1.165, 1.54) is 22.6 Å². The van der Waals surface area contributed by atoms with Crippen molar-refractivity contribution in [1.29, 1.82) is 0 Å². The fourth-order valence-electron chi connectivity index (χ4n) is 1.88. The minimum atomic E-state index is -1.19. The molecule has 0 saturated carbocycles. The third-order valence-corrected chi connectivity index (χ3v) is 2.84. The lowest BCUT2D eigenvalue weighted by atomic mass is 10.3. The van der Waals surface area contributed by atoms with Gasteiger partial charge in [-0.05, 0) is 35.9 Å². The Morgan fingerprint density at radius 2 is 2.11 bits per heavy atom. The first-order chi connectivity index (χ1) is 9.08. The minimum absolute atomic E-state index is 0.139. The number of pyridine rings is 1. The van der Waals surface area contributed by atoms with E-state index in [4.69, 9.17) is 21.1 Å². The number of nitrogens with zero attached hydrogens (tertiary/aromatic N) is 2. The van der Waals surface area contributed by atoms with E-state index in [0.717, 1.165) is 0 Å². The van der Waals surface area contributed by atoms with Crippen LogP contribution in [0, 0.1) is 0 Å². The van der Waals surface area contributed by atoms with Crippen molar-refractivity contribution < 1.29 is 19.4 Å². The fourth-order valence-corrected chi connectivity index (χ4v) is 2.02. The van der Waals surface area contributed by atoms with Gasteiger partial charge in [0.1, 0.15) is 0 Å². The molecule has 3 heterocycles. The number of hydrogen-bond acceptors (Lipinski definition) is 4. The van der Waals surface area contributed by atoms with Crippen LogP contribution >= 0.6 is 11.6 Å². The Kier molecular flexibility index (Phi) is 2.46. The molecule has 3 aromatic rings. The van der Waals surface area contributed by atoms with E-state index in [-0.39, 0.29) is 33.9 Å². The number of aromatic hydroxyl groups is 1. The average Bonchev–Trinajstić information content (AvgIpc) is 2.93. The van der Waals surface area contributed by atoms with Gasteiger partial charge in [0.05, 0.1) is 5.52 Å². The molecule has 3 rings (SSSR count). The summed E-state index contributed by atoms with van der Waals surface area (Å²) in [5.41, 5.74) is 0.105. The van der Waals surface area contributed by atoms with Gasteiger partial charge in [-0.15, -0.1) is 0 Å². The number of aromatic carboxylic acids is 1. The number of halogens is 1. The SMILES string of the molecule is O=C(O)c1nc(-c2ccc(Cl)o2)n2c(O)cccc12. The Labute approximate surface area is 111 Å². The zero-order valence-electron chi connectivity index (χ0n) is 9.37. The zero-order valence-corrected chi connectivity index (χ0v) is 10.1. The normalized spacial score (nSPS) is 11.0. The number of furan rings is 1. The molecule has 7 heteroatoms. The van der Waals surface area contributed by atoms with Crippen LogP contribution < -0.4 is 0 Å². The first kappa shape index (κ1) is 11.6. The Morgan fingerprint density at radius 3 is 2.74 bits per heavy atom. The van der Waals surface area contributed by atoms with E-state index in [2.05, 4.69) is 4.98 Å². The van der Waals surface area contributed by atoms with Gasteiger partial charge in [-0.25, -0.2) is 9.78 Å². The topological polar surface area (TPSA) is 88.0 Å². The maximum absolute atomic E-state index is 11.2. The van der Waals surface area contributed by atoms with Crippen molar-refractivity contribution in [3.05, 3.63) is 41.2 Å².